The van der Waals surface area contributed by atoms with Crippen LogP contribution in [0, 0.1) is 6.92 Å². The van der Waals surface area contributed by atoms with Gasteiger partial charge >= 0.3 is 0 Å². The lowest BCUT2D eigenvalue weighted by Crippen LogP contribution is -2.50. The molecule has 1 atom stereocenters. The van der Waals surface area contributed by atoms with Gasteiger partial charge in [0.25, 0.3) is 0 Å². The third-order valence-corrected chi connectivity index (χ3v) is 6.37. The smallest absolute Gasteiger partial charge is 0.242 e. The molecule has 3 aromatic rings. The summed E-state index contributed by atoms with van der Waals surface area (Å²) in [5.41, 5.74) is 3.05. The lowest BCUT2D eigenvalue weighted by molar-refractivity contribution is -0.139. The molecule has 2 amide bonds. The molecule has 0 aliphatic carbocycles. The quantitative estimate of drug-likeness (QED) is 0.445. The predicted octanol–water partition coefficient (Wildman–Crippen LogP) is 5.13. The Morgan fingerprint density at radius 2 is 1.66 bits per heavy atom. The lowest BCUT2D eigenvalue weighted by Gasteiger charge is -2.31. The van der Waals surface area contributed by atoms with E-state index in [9.17, 15) is 9.59 Å². The van der Waals surface area contributed by atoms with Crippen molar-refractivity contribution in [3.8, 4) is 0 Å². The van der Waals surface area contributed by atoms with Crippen LogP contribution in [0.4, 0.5) is 0 Å². The number of likely N-dealkylation sites (N-methyl/N-ethyl adjacent to an activating group) is 1. The molecule has 166 valence electrons. The number of halogens is 1. The first-order chi connectivity index (χ1) is 15.5. The first kappa shape index (κ1) is 23.9. The van der Waals surface area contributed by atoms with Crippen molar-refractivity contribution in [1.82, 2.24) is 10.2 Å². The van der Waals surface area contributed by atoms with E-state index in [0.717, 1.165) is 16.0 Å². The highest BCUT2D eigenvalue weighted by molar-refractivity contribution is 8.00. The Morgan fingerprint density at radius 3 is 2.31 bits per heavy atom. The van der Waals surface area contributed by atoms with Crippen molar-refractivity contribution in [3.63, 3.8) is 0 Å². The van der Waals surface area contributed by atoms with E-state index < -0.39 is 6.04 Å². The van der Waals surface area contributed by atoms with E-state index in [1.165, 1.54) is 17.3 Å². The molecule has 4 nitrogen and oxygen atoms in total. The second kappa shape index (κ2) is 11.7. The van der Waals surface area contributed by atoms with Crippen LogP contribution < -0.4 is 5.32 Å². The Labute approximate surface area is 199 Å². The summed E-state index contributed by atoms with van der Waals surface area (Å²) in [7, 11) is 1.60. The van der Waals surface area contributed by atoms with Crippen LogP contribution in [0.1, 0.15) is 16.7 Å². The standard InChI is InChI=1S/C26H27ClN2O2S/c1-19-11-13-23(14-12-19)32-18-25(30)29(17-21-9-6-10-22(27)15-21)24(26(31)28-2)16-20-7-4-3-5-8-20/h3-15,24H,16-18H2,1-2H3,(H,28,31)/t24-/m1/s1. The van der Waals surface area contributed by atoms with Crippen molar-refractivity contribution in [2.75, 3.05) is 12.8 Å². The second-order valence-corrected chi connectivity index (χ2v) is 9.06. The van der Waals surface area contributed by atoms with Crippen LogP contribution in [0.15, 0.2) is 83.8 Å². The number of carbonyl (C=O) groups is 2. The fourth-order valence-electron chi connectivity index (χ4n) is 3.42. The largest absolute Gasteiger partial charge is 0.357 e. The first-order valence-electron chi connectivity index (χ1n) is 10.4. The van der Waals surface area contributed by atoms with Crippen molar-refractivity contribution < 1.29 is 9.59 Å². The van der Waals surface area contributed by atoms with Gasteiger partial charge in [-0.1, -0.05) is 71.8 Å². The fraction of sp³-hybridized carbons (Fsp3) is 0.231. The highest BCUT2D eigenvalue weighted by Crippen LogP contribution is 2.22. The zero-order chi connectivity index (χ0) is 22.9. The fourth-order valence-corrected chi connectivity index (χ4v) is 4.41. The van der Waals surface area contributed by atoms with Crippen LogP contribution in [0.3, 0.4) is 0 Å². The third-order valence-electron chi connectivity index (χ3n) is 5.14. The van der Waals surface area contributed by atoms with E-state index in [-0.39, 0.29) is 17.6 Å². The van der Waals surface area contributed by atoms with Crippen LogP contribution in [0.5, 0.6) is 0 Å². The molecule has 0 spiro atoms. The molecule has 0 aliphatic heterocycles. The summed E-state index contributed by atoms with van der Waals surface area (Å²) in [5, 5.41) is 3.33. The Kier molecular flexibility index (Phi) is 8.77. The van der Waals surface area contributed by atoms with Crippen LogP contribution in [-0.4, -0.2) is 35.6 Å². The van der Waals surface area contributed by atoms with Gasteiger partial charge in [-0.3, -0.25) is 9.59 Å². The highest BCUT2D eigenvalue weighted by atomic mass is 35.5. The topological polar surface area (TPSA) is 49.4 Å². The second-order valence-electron chi connectivity index (χ2n) is 7.57. The first-order valence-corrected chi connectivity index (χ1v) is 11.8. The molecule has 3 aromatic carbocycles. The van der Waals surface area contributed by atoms with Crippen LogP contribution >= 0.6 is 23.4 Å². The zero-order valence-corrected chi connectivity index (χ0v) is 19.8. The van der Waals surface area contributed by atoms with Crippen molar-refractivity contribution in [3.05, 3.63) is 101 Å². The number of aryl methyl sites for hydroxylation is 1. The van der Waals surface area contributed by atoms with Gasteiger partial charge in [-0.25, -0.2) is 0 Å². The molecule has 32 heavy (non-hydrogen) atoms. The minimum Gasteiger partial charge on any atom is -0.357 e. The van der Waals surface area contributed by atoms with Crippen molar-refractivity contribution in [2.24, 2.45) is 0 Å². The Morgan fingerprint density at radius 1 is 0.969 bits per heavy atom. The number of hydrogen-bond donors (Lipinski definition) is 1. The van der Waals surface area contributed by atoms with Gasteiger partial charge in [-0.05, 0) is 42.3 Å². The Bertz CT molecular complexity index is 1040. The molecule has 0 bridgehead atoms. The van der Waals surface area contributed by atoms with Crippen LogP contribution in [-0.2, 0) is 22.6 Å². The van der Waals surface area contributed by atoms with E-state index in [2.05, 4.69) is 5.32 Å². The molecule has 1 N–H and O–H groups in total. The van der Waals surface area contributed by atoms with Gasteiger partial charge in [0.1, 0.15) is 6.04 Å². The minimum atomic E-state index is -0.632. The molecule has 0 fully saturated rings. The monoisotopic (exact) mass is 466 g/mol. The predicted molar refractivity (Wildman–Crippen MR) is 132 cm³/mol. The molecule has 0 saturated heterocycles. The average molecular weight is 467 g/mol. The number of nitrogens with zero attached hydrogens (tertiary/aromatic N) is 1. The molecule has 0 radical (unpaired) electrons. The lowest BCUT2D eigenvalue weighted by atomic mass is 10.0. The van der Waals surface area contributed by atoms with Gasteiger partial charge in [0.15, 0.2) is 0 Å². The molecule has 0 aliphatic rings. The normalized spacial score (nSPS) is 11.6. The molecule has 0 aromatic heterocycles. The van der Waals surface area contributed by atoms with Gasteiger partial charge in [0, 0.05) is 29.9 Å². The van der Waals surface area contributed by atoms with Gasteiger partial charge in [0.2, 0.25) is 11.8 Å². The SMILES string of the molecule is CNC(=O)[C@@H](Cc1ccccc1)N(Cc1cccc(Cl)c1)C(=O)CSc1ccc(C)cc1. The maximum Gasteiger partial charge on any atom is 0.242 e. The highest BCUT2D eigenvalue weighted by Gasteiger charge is 2.29. The summed E-state index contributed by atoms with van der Waals surface area (Å²) >= 11 is 7.65. The summed E-state index contributed by atoms with van der Waals surface area (Å²) < 4.78 is 0. The van der Waals surface area contributed by atoms with Gasteiger partial charge in [-0.2, -0.15) is 0 Å². The van der Waals surface area contributed by atoms with Crippen molar-refractivity contribution in [2.45, 2.75) is 30.8 Å². The zero-order valence-electron chi connectivity index (χ0n) is 18.3. The Hall–Kier alpha value is -2.76. The van der Waals surface area contributed by atoms with Gasteiger partial charge < -0.3 is 10.2 Å². The van der Waals surface area contributed by atoms with Crippen molar-refractivity contribution in [1.29, 1.82) is 0 Å². The van der Waals surface area contributed by atoms with Crippen molar-refractivity contribution >= 4 is 35.2 Å². The van der Waals surface area contributed by atoms with E-state index in [1.807, 2.05) is 79.7 Å². The number of benzene rings is 3. The summed E-state index contributed by atoms with van der Waals surface area (Å²) in [6, 6.07) is 24.6. The number of amides is 2. The van der Waals surface area contributed by atoms with E-state index >= 15 is 0 Å². The molecule has 3 rings (SSSR count). The maximum absolute atomic E-state index is 13.4. The van der Waals surface area contributed by atoms with E-state index in [0.29, 0.717) is 18.0 Å². The Balaban J connectivity index is 1.86. The summed E-state index contributed by atoms with van der Waals surface area (Å²) in [4.78, 5) is 29.0. The van der Waals surface area contributed by atoms with E-state index in [1.54, 1.807) is 18.0 Å². The number of carbonyl (C=O) groups excluding carboxylic acids is 2. The summed E-state index contributed by atoms with van der Waals surface area (Å²) in [6.07, 6.45) is 0.433. The van der Waals surface area contributed by atoms with Gasteiger partial charge in [-0.15, -0.1) is 11.8 Å². The third kappa shape index (κ3) is 6.87. The average Bonchev–Trinajstić information content (AvgIpc) is 2.81. The number of nitrogens with one attached hydrogen (secondary N) is 1. The van der Waals surface area contributed by atoms with Crippen LogP contribution in [0.2, 0.25) is 5.02 Å². The van der Waals surface area contributed by atoms with E-state index in [4.69, 9.17) is 11.6 Å². The van der Waals surface area contributed by atoms with Crippen LogP contribution in [0.25, 0.3) is 0 Å². The summed E-state index contributed by atoms with van der Waals surface area (Å²) in [6.45, 7) is 2.34. The molecule has 0 saturated carbocycles. The number of rotatable bonds is 9. The molecular formula is C26H27ClN2O2S. The maximum atomic E-state index is 13.4. The number of thioether (sulfide) groups is 1. The number of hydrogen-bond acceptors (Lipinski definition) is 3. The molecule has 6 heteroatoms. The van der Waals surface area contributed by atoms with Gasteiger partial charge in [0.05, 0.1) is 5.75 Å². The molecule has 0 unspecified atom stereocenters. The minimum absolute atomic E-state index is 0.0971. The summed E-state index contributed by atoms with van der Waals surface area (Å²) in [5.74, 6) is -0.0454. The molecule has 0 heterocycles. The molecular weight excluding hydrogens is 440 g/mol.